The zero-order valence-electron chi connectivity index (χ0n) is 24.4. The first-order valence-corrected chi connectivity index (χ1v) is 14.7. The van der Waals surface area contributed by atoms with Crippen molar-refractivity contribution in [3.63, 3.8) is 0 Å². The van der Waals surface area contributed by atoms with Crippen LogP contribution in [-0.4, -0.2) is 57.8 Å². The molecule has 6 nitrogen and oxygen atoms in total. The lowest BCUT2D eigenvalue weighted by atomic mass is 9.97. The van der Waals surface area contributed by atoms with Crippen LogP contribution in [-0.2, 0) is 6.42 Å². The number of hydrogen-bond acceptors (Lipinski definition) is 5. The van der Waals surface area contributed by atoms with Gasteiger partial charge in [0.25, 0.3) is 5.91 Å². The van der Waals surface area contributed by atoms with E-state index >= 15 is 0 Å². The number of amides is 1. The standard InChI is InChI=1S/C35H37ClN2O4/c1-38-18-15-29(16-19-38)42-31-12-10-24(32(23-31)25-6-4-8-28(36)20-25)14-17-37-35(39)27-11-13-34(41-3)33(22-27)26-7-5-9-30(21-26)40-2/h4-13,20-23,29H,14-19H2,1-3H3,(H,37,39). The quantitative estimate of drug-likeness (QED) is 0.215. The monoisotopic (exact) mass is 584 g/mol. The number of piperidine rings is 1. The SMILES string of the molecule is COc1cccc(-c2cc(C(=O)NCCc3ccc(OC4CCN(C)CC4)cc3-c3cccc(Cl)c3)ccc2OC)c1. The van der Waals surface area contributed by atoms with E-state index in [0.29, 0.717) is 29.3 Å². The molecule has 0 bridgehead atoms. The number of rotatable bonds is 10. The van der Waals surface area contributed by atoms with E-state index in [1.807, 2.05) is 60.7 Å². The van der Waals surface area contributed by atoms with Gasteiger partial charge in [-0.15, -0.1) is 0 Å². The van der Waals surface area contributed by atoms with Gasteiger partial charge in [0, 0.05) is 35.8 Å². The topological polar surface area (TPSA) is 60.0 Å². The van der Waals surface area contributed by atoms with Crippen molar-refractivity contribution in [2.45, 2.75) is 25.4 Å². The van der Waals surface area contributed by atoms with Crippen LogP contribution in [0.3, 0.4) is 0 Å². The number of halogens is 1. The predicted molar refractivity (Wildman–Crippen MR) is 169 cm³/mol. The number of hydrogen-bond donors (Lipinski definition) is 1. The molecule has 0 radical (unpaired) electrons. The maximum absolute atomic E-state index is 13.2. The predicted octanol–water partition coefficient (Wildman–Crippen LogP) is 7.14. The lowest BCUT2D eigenvalue weighted by molar-refractivity contribution is 0.0954. The summed E-state index contributed by atoms with van der Waals surface area (Å²) in [6, 6.07) is 27.3. The molecular weight excluding hydrogens is 548 g/mol. The Morgan fingerprint density at radius 2 is 1.62 bits per heavy atom. The number of carbonyl (C=O) groups is 1. The maximum Gasteiger partial charge on any atom is 0.251 e. The average molecular weight is 585 g/mol. The minimum absolute atomic E-state index is 0.145. The van der Waals surface area contributed by atoms with Gasteiger partial charge in [-0.1, -0.05) is 41.9 Å². The molecule has 5 rings (SSSR count). The molecule has 0 atom stereocenters. The number of likely N-dealkylation sites (tertiary alicyclic amines) is 1. The van der Waals surface area contributed by atoms with Gasteiger partial charge in [-0.25, -0.2) is 0 Å². The van der Waals surface area contributed by atoms with E-state index in [1.165, 1.54) is 0 Å². The van der Waals surface area contributed by atoms with Gasteiger partial charge in [-0.3, -0.25) is 4.79 Å². The molecule has 0 spiro atoms. The van der Waals surface area contributed by atoms with Gasteiger partial charge in [-0.05, 0) is 103 Å². The molecule has 1 amide bonds. The first-order valence-electron chi connectivity index (χ1n) is 14.3. The van der Waals surface area contributed by atoms with Crippen LogP contribution < -0.4 is 19.5 Å². The van der Waals surface area contributed by atoms with Gasteiger partial charge in [0.2, 0.25) is 0 Å². The van der Waals surface area contributed by atoms with E-state index in [0.717, 1.165) is 65.2 Å². The van der Waals surface area contributed by atoms with Gasteiger partial charge in [0.15, 0.2) is 0 Å². The molecule has 0 aromatic heterocycles. The van der Waals surface area contributed by atoms with E-state index in [4.69, 9.17) is 25.8 Å². The summed E-state index contributed by atoms with van der Waals surface area (Å²) in [5.74, 6) is 2.14. The lowest BCUT2D eigenvalue weighted by Crippen LogP contribution is -2.35. The van der Waals surface area contributed by atoms with Crippen molar-refractivity contribution in [1.82, 2.24) is 10.2 Å². The Bertz CT molecular complexity index is 1530. The number of carbonyl (C=O) groups excluding carboxylic acids is 1. The van der Waals surface area contributed by atoms with Crippen molar-refractivity contribution in [2.75, 3.05) is 40.9 Å². The summed E-state index contributed by atoms with van der Waals surface area (Å²) in [4.78, 5) is 15.6. The number of ether oxygens (including phenoxy) is 3. The van der Waals surface area contributed by atoms with E-state index in [-0.39, 0.29) is 12.0 Å². The van der Waals surface area contributed by atoms with Crippen LogP contribution in [0, 0.1) is 0 Å². The summed E-state index contributed by atoms with van der Waals surface area (Å²) in [7, 11) is 5.41. The fourth-order valence-electron chi connectivity index (χ4n) is 5.35. The Morgan fingerprint density at radius 1 is 0.857 bits per heavy atom. The fraction of sp³-hybridized carbons (Fsp3) is 0.286. The zero-order chi connectivity index (χ0) is 29.5. The second-order valence-electron chi connectivity index (χ2n) is 10.6. The number of nitrogens with one attached hydrogen (secondary N) is 1. The van der Waals surface area contributed by atoms with Crippen molar-refractivity contribution in [3.05, 3.63) is 101 Å². The van der Waals surface area contributed by atoms with E-state index in [1.54, 1.807) is 20.3 Å². The third-order valence-corrected chi connectivity index (χ3v) is 7.94. The normalized spacial score (nSPS) is 13.9. The lowest BCUT2D eigenvalue weighted by Gasteiger charge is -2.29. The molecule has 0 saturated carbocycles. The fourth-order valence-corrected chi connectivity index (χ4v) is 5.54. The van der Waals surface area contributed by atoms with Crippen LogP contribution in [0.4, 0.5) is 0 Å². The second kappa shape index (κ2) is 13.8. The first-order chi connectivity index (χ1) is 20.4. The Morgan fingerprint density at radius 3 is 2.36 bits per heavy atom. The van der Waals surface area contributed by atoms with E-state index < -0.39 is 0 Å². The summed E-state index contributed by atoms with van der Waals surface area (Å²) in [5.41, 5.74) is 5.49. The zero-order valence-corrected chi connectivity index (χ0v) is 25.1. The second-order valence-corrected chi connectivity index (χ2v) is 11.0. The molecular formula is C35H37ClN2O4. The smallest absolute Gasteiger partial charge is 0.251 e. The molecule has 4 aromatic carbocycles. The molecule has 4 aromatic rings. The Labute approximate surface area is 253 Å². The highest BCUT2D eigenvalue weighted by molar-refractivity contribution is 6.30. The van der Waals surface area contributed by atoms with Gasteiger partial charge < -0.3 is 24.4 Å². The van der Waals surface area contributed by atoms with Gasteiger partial charge >= 0.3 is 0 Å². The summed E-state index contributed by atoms with van der Waals surface area (Å²) < 4.78 is 17.3. The van der Waals surface area contributed by atoms with Crippen molar-refractivity contribution < 1.29 is 19.0 Å². The third kappa shape index (κ3) is 7.25. The van der Waals surface area contributed by atoms with E-state index in [2.05, 4.69) is 35.5 Å². The highest BCUT2D eigenvalue weighted by Gasteiger charge is 2.19. The van der Waals surface area contributed by atoms with Crippen molar-refractivity contribution in [2.24, 2.45) is 0 Å². The van der Waals surface area contributed by atoms with Crippen LogP contribution in [0.25, 0.3) is 22.3 Å². The third-order valence-electron chi connectivity index (χ3n) is 7.71. The summed E-state index contributed by atoms with van der Waals surface area (Å²) >= 11 is 6.36. The molecule has 1 N–H and O–H groups in total. The van der Waals surface area contributed by atoms with Crippen LogP contribution in [0.15, 0.2) is 84.9 Å². The Hall–Kier alpha value is -4.00. The molecule has 1 fully saturated rings. The van der Waals surface area contributed by atoms with Gasteiger partial charge in [0.05, 0.1) is 14.2 Å². The molecule has 42 heavy (non-hydrogen) atoms. The summed E-state index contributed by atoms with van der Waals surface area (Å²) in [5, 5.41) is 3.77. The summed E-state index contributed by atoms with van der Waals surface area (Å²) in [6.45, 7) is 2.56. The highest BCUT2D eigenvalue weighted by Crippen LogP contribution is 2.34. The largest absolute Gasteiger partial charge is 0.497 e. The molecule has 0 aliphatic carbocycles. The molecule has 0 unspecified atom stereocenters. The minimum Gasteiger partial charge on any atom is -0.497 e. The van der Waals surface area contributed by atoms with Crippen molar-refractivity contribution in [3.8, 4) is 39.5 Å². The molecule has 1 saturated heterocycles. The van der Waals surface area contributed by atoms with Crippen molar-refractivity contribution in [1.29, 1.82) is 0 Å². The van der Waals surface area contributed by atoms with Crippen molar-refractivity contribution >= 4 is 17.5 Å². The minimum atomic E-state index is -0.145. The highest BCUT2D eigenvalue weighted by atomic mass is 35.5. The maximum atomic E-state index is 13.2. The first kappa shape index (κ1) is 29.5. The van der Waals surface area contributed by atoms with Gasteiger partial charge in [-0.2, -0.15) is 0 Å². The molecule has 218 valence electrons. The molecule has 1 heterocycles. The molecule has 7 heteroatoms. The summed E-state index contributed by atoms with van der Waals surface area (Å²) in [6.07, 6.45) is 2.90. The molecule has 1 aliphatic rings. The number of nitrogens with zero attached hydrogens (tertiary/aromatic N) is 1. The Kier molecular flexibility index (Phi) is 9.67. The number of benzene rings is 4. The molecule has 1 aliphatic heterocycles. The average Bonchev–Trinajstić information content (AvgIpc) is 3.02. The van der Waals surface area contributed by atoms with Crippen LogP contribution in [0.2, 0.25) is 5.02 Å². The van der Waals surface area contributed by atoms with Crippen LogP contribution >= 0.6 is 11.6 Å². The Balaban J connectivity index is 1.31. The van der Waals surface area contributed by atoms with Crippen LogP contribution in [0.1, 0.15) is 28.8 Å². The van der Waals surface area contributed by atoms with Crippen LogP contribution in [0.5, 0.6) is 17.2 Å². The van der Waals surface area contributed by atoms with Gasteiger partial charge in [0.1, 0.15) is 23.4 Å². The van der Waals surface area contributed by atoms with E-state index in [9.17, 15) is 4.79 Å². The number of methoxy groups -OCH3 is 2.